The van der Waals surface area contributed by atoms with E-state index in [1.807, 2.05) is 37.2 Å². The zero-order valence-electron chi connectivity index (χ0n) is 15.9. The SMILES string of the molecule is CN(C)c1ccc(N2CCN(C(=O)Cn3c(=O)oc4ccccc43)CC2)nn1. The number of nitrogens with zero attached hydrogens (tertiary/aromatic N) is 6. The van der Waals surface area contributed by atoms with Crippen LogP contribution in [0.3, 0.4) is 0 Å². The number of anilines is 2. The Morgan fingerprint density at radius 2 is 1.82 bits per heavy atom. The number of aromatic nitrogens is 3. The van der Waals surface area contributed by atoms with Crippen LogP contribution in [-0.4, -0.2) is 65.8 Å². The van der Waals surface area contributed by atoms with Crippen molar-refractivity contribution < 1.29 is 9.21 Å². The summed E-state index contributed by atoms with van der Waals surface area (Å²) in [5, 5.41) is 8.47. The van der Waals surface area contributed by atoms with Crippen molar-refractivity contribution in [3.05, 3.63) is 46.9 Å². The second kappa shape index (κ2) is 7.34. The molecule has 1 aliphatic heterocycles. The Morgan fingerprint density at radius 1 is 1.07 bits per heavy atom. The molecule has 0 atom stereocenters. The number of carbonyl (C=O) groups is 1. The molecule has 1 aromatic carbocycles. The van der Waals surface area contributed by atoms with E-state index >= 15 is 0 Å². The molecule has 0 aliphatic carbocycles. The first kappa shape index (κ1) is 18.0. The van der Waals surface area contributed by atoms with Crippen molar-refractivity contribution in [3.63, 3.8) is 0 Å². The molecule has 146 valence electrons. The Hall–Kier alpha value is -3.36. The van der Waals surface area contributed by atoms with E-state index in [1.54, 1.807) is 23.1 Å². The van der Waals surface area contributed by atoms with Gasteiger partial charge in [0.15, 0.2) is 17.2 Å². The van der Waals surface area contributed by atoms with Crippen molar-refractivity contribution in [1.82, 2.24) is 19.7 Å². The summed E-state index contributed by atoms with van der Waals surface area (Å²) in [7, 11) is 3.84. The Labute approximate surface area is 161 Å². The predicted molar refractivity (Wildman–Crippen MR) is 106 cm³/mol. The molecule has 0 saturated carbocycles. The molecule has 9 nitrogen and oxygen atoms in total. The van der Waals surface area contributed by atoms with Crippen LogP contribution in [0, 0.1) is 0 Å². The van der Waals surface area contributed by atoms with Crippen LogP contribution in [-0.2, 0) is 11.3 Å². The maximum atomic E-state index is 12.7. The van der Waals surface area contributed by atoms with Gasteiger partial charge in [-0.15, -0.1) is 10.2 Å². The van der Waals surface area contributed by atoms with Gasteiger partial charge in [0, 0.05) is 40.3 Å². The second-order valence-electron chi connectivity index (χ2n) is 6.93. The normalized spacial score (nSPS) is 14.5. The molecule has 0 spiro atoms. The quantitative estimate of drug-likeness (QED) is 0.659. The molecule has 0 unspecified atom stereocenters. The van der Waals surface area contributed by atoms with Crippen LogP contribution in [0.25, 0.3) is 11.1 Å². The average Bonchev–Trinajstić information content (AvgIpc) is 3.03. The summed E-state index contributed by atoms with van der Waals surface area (Å²) in [4.78, 5) is 30.5. The molecule has 1 saturated heterocycles. The molecule has 1 aliphatic rings. The lowest BCUT2D eigenvalue weighted by Crippen LogP contribution is -2.50. The fourth-order valence-corrected chi connectivity index (χ4v) is 3.31. The first-order valence-electron chi connectivity index (χ1n) is 9.15. The third-order valence-corrected chi connectivity index (χ3v) is 4.92. The van der Waals surface area contributed by atoms with Crippen LogP contribution in [0.4, 0.5) is 11.6 Å². The highest BCUT2D eigenvalue weighted by Gasteiger charge is 2.23. The lowest BCUT2D eigenvalue weighted by molar-refractivity contribution is -0.132. The highest BCUT2D eigenvalue weighted by atomic mass is 16.4. The van der Waals surface area contributed by atoms with Gasteiger partial charge in [-0.05, 0) is 24.3 Å². The number of rotatable bonds is 4. The molecule has 3 aromatic rings. The summed E-state index contributed by atoms with van der Waals surface area (Å²) in [5.41, 5.74) is 1.13. The number of oxazole rings is 1. The van der Waals surface area contributed by atoms with E-state index in [0.29, 0.717) is 37.3 Å². The standard InChI is InChI=1S/C19H22N6O3/c1-22(2)16-7-8-17(21-20-16)23-9-11-24(12-10-23)18(26)13-25-14-5-3-4-6-15(14)28-19(25)27/h3-8H,9-13H2,1-2H3. The molecule has 3 heterocycles. The van der Waals surface area contributed by atoms with E-state index in [4.69, 9.17) is 4.42 Å². The number of hydrogen-bond donors (Lipinski definition) is 0. The summed E-state index contributed by atoms with van der Waals surface area (Å²) < 4.78 is 6.58. The number of amides is 1. The van der Waals surface area contributed by atoms with E-state index in [0.717, 1.165) is 11.6 Å². The van der Waals surface area contributed by atoms with Gasteiger partial charge in [0.2, 0.25) is 5.91 Å². The minimum Gasteiger partial charge on any atom is -0.408 e. The van der Waals surface area contributed by atoms with Gasteiger partial charge in [-0.1, -0.05) is 12.1 Å². The molecule has 0 N–H and O–H groups in total. The van der Waals surface area contributed by atoms with E-state index in [2.05, 4.69) is 15.1 Å². The van der Waals surface area contributed by atoms with Crippen LogP contribution in [0.15, 0.2) is 45.6 Å². The van der Waals surface area contributed by atoms with E-state index in [9.17, 15) is 9.59 Å². The first-order valence-corrected chi connectivity index (χ1v) is 9.15. The number of hydrogen-bond acceptors (Lipinski definition) is 7. The van der Waals surface area contributed by atoms with Gasteiger partial charge in [-0.2, -0.15) is 0 Å². The molecule has 0 radical (unpaired) electrons. The van der Waals surface area contributed by atoms with Gasteiger partial charge in [0.25, 0.3) is 0 Å². The molecule has 2 aromatic heterocycles. The van der Waals surface area contributed by atoms with Crippen molar-refractivity contribution in [3.8, 4) is 0 Å². The van der Waals surface area contributed by atoms with Crippen molar-refractivity contribution in [2.75, 3.05) is 50.1 Å². The Balaban J connectivity index is 1.40. The van der Waals surface area contributed by atoms with Crippen LogP contribution < -0.4 is 15.6 Å². The van der Waals surface area contributed by atoms with Gasteiger partial charge in [-0.3, -0.25) is 9.36 Å². The highest BCUT2D eigenvalue weighted by Crippen LogP contribution is 2.16. The summed E-state index contributed by atoms with van der Waals surface area (Å²) in [6.07, 6.45) is 0. The number of benzene rings is 1. The van der Waals surface area contributed by atoms with Gasteiger partial charge in [-0.25, -0.2) is 4.79 Å². The highest BCUT2D eigenvalue weighted by molar-refractivity contribution is 5.79. The Morgan fingerprint density at radius 3 is 2.50 bits per heavy atom. The third-order valence-electron chi connectivity index (χ3n) is 4.92. The molecule has 1 amide bonds. The number of fused-ring (bicyclic) bond motifs is 1. The number of carbonyl (C=O) groups excluding carboxylic acids is 1. The van der Waals surface area contributed by atoms with Gasteiger partial charge < -0.3 is 19.1 Å². The summed E-state index contributed by atoms with van der Waals surface area (Å²) in [5.74, 6) is 0.997. The predicted octanol–water partition coefficient (Wildman–Crippen LogP) is 0.799. The van der Waals surface area contributed by atoms with Crippen LogP contribution in [0.5, 0.6) is 0 Å². The summed E-state index contributed by atoms with van der Waals surface area (Å²) >= 11 is 0. The summed E-state index contributed by atoms with van der Waals surface area (Å²) in [6.45, 7) is 2.46. The maximum absolute atomic E-state index is 12.7. The molecule has 4 rings (SSSR count). The van der Waals surface area contributed by atoms with Crippen LogP contribution in [0.2, 0.25) is 0 Å². The Bertz CT molecular complexity index is 1030. The van der Waals surface area contributed by atoms with Gasteiger partial charge >= 0.3 is 5.76 Å². The number of piperazine rings is 1. The molecular weight excluding hydrogens is 360 g/mol. The van der Waals surface area contributed by atoms with E-state index in [1.165, 1.54) is 4.57 Å². The van der Waals surface area contributed by atoms with Gasteiger partial charge in [0.05, 0.1) is 5.52 Å². The first-order chi connectivity index (χ1) is 13.5. The Kier molecular flexibility index (Phi) is 4.72. The van der Waals surface area contributed by atoms with E-state index in [-0.39, 0.29) is 12.5 Å². The minimum atomic E-state index is -0.510. The molecule has 9 heteroatoms. The monoisotopic (exact) mass is 382 g/mol. The lowest BCUT2D eigenvalue weighted by atomic mass is 10.3. The zero-order chi connectivity index (χ0) is 19.7. The zero-order valence-corrected chi connectivity index (χ0v) is 15.9. The number of para-hydroxylation sites is 2. The topological polar surface area (TPSA) is 87.7 Å². The largest absolute Gasteiger partial charge is 0.420 e. The van der Waals surface area contributed by atoms with Gasteiger partial charge in [0.1, 0.15) is 6.54 Å². The van der Waals surface area contributed by atoms with Crippen LogP contribution >= 0.6 is 0 Å². The second-order valence-corrected chi connectivity index (χ2v) is 6.93. The maximum Gasteiger partial charge on any atom is 0.420 e. The van der Waals surface area contributed by atoms with Crippen molar-refractivity contribution in [1.29, 1.82) is 0 Å². The molecule has 1 fully saturated rings. The fraction of sp³-hybridized carbons (Fsp3) is 0.368. The lowest BCUT2D eigenvalue weighted by Gasteiger charge is -2.35. The molecular formula is C19H22N6O3. The minimum absolute atomic E-state index is 0.0207. The van der Waals surface area contributed by atoms with Crippen molar-refractivity contribution >= 4 is 28.6 Å². The molecule has 0 bridgehead atoms. The van der Waals surface area contributed by atoms with Crippen LogP contribution in [0.1, 0.15) is 0 Å². The molecule has 28 heavy (non-hydrogen) atoms. The van der Waals surface area contributed by atoms with E-state index < -0.39 is 5.76 Å². The summed E-state index contributed by atoms with van der Waals surface area (Å²) in [6, 6.07) is 11.0. The average molecular weight is 382 g/mol. The fourth-order valence-electron chi connectivity index (χ4n) is 3.31. The van der Waals surface area contributed by atoms with Crippen molar-refractivity contribution in [2.45, 2.75) is 6.54 Å². The third kappa shape index (κ3) is 3.42. The smallest absolute Gasteiger partial charge is 0.408 e. The van der Waals surface area contributed by atoms with Crippen molar-refractivity contribution in [2.24, 2.45) is 0 Å².